The Morgan fingerprint density at radius 2 is 1.78 bits per heavy atom. The molecule has 0 aromatic heterocycles. The number of sulfonamides is 1. The van der Waals surface area contributed by atoms with E-state index >= 15 is 0 Å². The summed E-state index contributed by atoms with van der Waals surface area (Å²) < 4.78 is 32.0. The predicted octanol–water partition coefficient (Wildman–Crippen LogP) is 2.79. The number of fused-ring (bicyclic) bond motifs is 1. The van der Waals surface area contributed by atoms with Gasteiger partial charge in [0, 0.05) is 17.7 Å². The second kappa shape index (κ2) is 5.73. The van der Waals surface area contributed by atoms with Gasteiger partial charge in [-0.2, -0.15) is 0 Å². The smallest absolute Gasteiger partial charge is 0.269 e. The average molecular weight is 332 g/mol. The van der Waals surface area contributed by atoms with Crippen LogP contribution < -0.4 is 4.31 Å². The van der Waals surface area contributed by atoms with Gasteiger partial charge in [-0.05, 0) is 18.2 Å². The van der Waals surface area contributed by atoms with Crippen molar-refractivity contribution >= 4 is 21.4 Å². The lowest BCUT2D eigenvalue weighted by molar-refractivity contribution is -0.384. The van der Waals surface area contributed by atoms with Crippen molar-refractivity contribution in [3.63, 3.8) is 0 Å². The first-order valence-corrected chi connectivity index (χ1v) is 8.09. The van der Waals surface area contributed by atoms with Crippen LogP contribution in [0.15, 0.2) is 65.9 Å². The number of nitro groups is 1. The van der Waals surface area contributed by atoms with Crippen LogP contribution in [0.3, 0.4) is 0 Å². The van der Waals surface area contributed by atoms with Gasteiger partial charge < -0.3 is 4.74 Å². The molecule has 3 rings (SSSR count). The van der Waals surface area contributed by atoms with Crippen molar-refractivity contribution in [3.05, 3.63) is 76.7 Å². The second-order valence-electron chi connectivity index (χ2n) is 4.78. The normalized spacial score (nSPS) is 13.8. The molecule has 0 amide bonds. The monoisotopic (exact) mass is 332 g/mol. The molecule has 1 aliphatic rings. The molecule has 0 saturated carbocycles. The van der Waals surface area contributed by atoms with Gasteiger partial charge in [0.15, 0.2) is 0 Å². The van der Waals surface area contributed by atoms with Crippen molar-refractivity contribution in [3.8, 4) is 0 Å². The molecule has 2 aromatic carbocycles. The molecular weight excluding hydrogens is 320 g/mol. The third-order valence-corrected chi connectivity index (χ3v) is 5.07. The summed E-state index contributed by atoms with van der Waals surface area (Å²) >= 11 is 0. The van der Waals surface area contributed by atoms with Crippen LogP contribution in [0.25, 0.3) is 0 Å². The van der Waals surface area contributed by atoms with Crippen molar-refractivity contribution in [2.45, 2.75) is 11.5 Å². The van der Waals surface area contributed by atoms with Crippen LogP contribution in [0.4, 0.5) is 11.4 Å². The number of para-hydroxylation sites is 1. The highest BCUT2D eigenvalue weighted by Crippen LogP contribution is 2.30. The molecule has 0 radical (unpaired) electrons. The van der Waals surface area contributed by atoms with E-state index < -0.39 is 14.9 Å². The van der Waals surface area contributed by atoms with Crippen LogP contribution in [0, 0.1) is 10.1 Å². The third kappa shape index (κ3) is 2.76. The minimum Gasteiger partial charge on any atom is -0.495 e. The molecule has 0 spiro atoms. The molecule has 8 heteroatoms. The van der Waals surface area contributed by atoms with Crippen LogP contribution in [0.1, 0.15) is 5.56 Å². The number of hydrogen-bond donors (Lipinski definition) is 0. The lowest BCUT2D eigenvalue weighted by Gasteiger charge is -2.20. The molecule has 0 unspecified atom stereocenters. The Kier molecular flexibility index (Phi) is 3.75. The first-order chi connectivity index (χ1) is 11.0. The van der Waals surface area contributed by atoms with Gasteiger partial charge in [-0.25, -0.2) is 12.7 Å². The second-order valence-corrected chi connectivity index (χ2v) is 6.59. The summed E-state index contributed by atoms with van der Waals surface area (Å²) in [6.07, 6.45) is 2.63. The van der Waals surface area contributed by atoms with Crippen molar-refractivity contribution in [2.24, 2.45) is 0 Å². The van der Waals surface area contributed by atoms with Crippen LogP contribution in [0.2, 0.25) is 0 Å². The van der Waals surface area contributed by atoms with E-state index in [2.05, 4.69) is 0 Å². The lowest BCUT2D eigenvalue weighted by Crippen LogP contribution is -2.26. The lowest BCUT2D eigenvalue weighted by atomic mass is 10.2. The van der Waals surface area contributed by atoms with E-state index in [-0.39, 0.29) is 17.2 Å². The van der Waals surface area contributed by atoms with E-state index in [1.54, 1.807) is 24.3 Å². The molecule has 1 aliphatic heterocycles. The first kappa shape index (κ1) is 15.0. The van der Waals surface area contributed by atoms with Crippen LogP contribution in [-0.4, -0.2) is 13.3 Å². The third-order valence-electron chi connectivity index (χ3n) is 3.36. The zero-order chi connectivity index (χ0) is 16.4. The number of ether oxygens (including phenoxy) is 1. The molecule has 23 heavy (non-hydrogen) atoms. The quantitative estimate of drug-likeness (QED) is 0.637. The van der Waals surface area contributed by atoms with Gasteiger partial charge in [-0.1, -0.05) is 18.2 Å². The summed E-state index contributed by atoms with van der Waals surface area (Å²) in [4.78, 5) is 10.1. The van der Waals surface area contributed by atoms with Gasteiger partial charge in [-0.3, -0.25) is 10.1 Å². The molecule has 2 aromatic rings. The fourth-order valence-corrected chi connectivity index (χ4v) is 3.58. The standard InChI is InChI=1S/C15H12N2O5S/c18-17(19)13-5-7-14(8-6-13)23(20,21)16-9-10-22-11-12-3-1-2-4-15(12)16/h1-10H,11H2. The fraction of sp³-hybridized carbons (Fsp3) is 0.0667. The van der Waals surface area contributed by atoms with Crippen molar-refractivity contribution in [1.29, 1.82) is 0 Å². The summed E-state index contributed by atoms with van der Waals surface area (Å²) in [6.45, 7) is 0.263. The molecule has 0 atom stereocenters. The zero-order valence-electron chi connectivity index (χ0n) is 11.8. The van der Waals surface area contributed by atoms with E-state index in [0.29, 0.717) is 5.69 Å². The summed E-state index contributed by atoms with van der Waals surface area (Å²) in [5, 5.41) is 10.7. The fourth-order valence-electron chi connectivity index (χ4n) is 2.23. The molecule has 0 N–H and O–H groups in total. The van der Waals surface area contributed by atoms with Gasteiger partial charge in [-0.15, -0.1) is 0 Å². The Morgan fingerprint density at radius 1 is 1.09 bits per heavy atom. The number of nitrogens with zero attached hydrogens (tertiary/aromatic N) is 2. The van der Waals surface area contributed by atoms with Crippen LogP contribution in [-0.2, 0) is 21.4 Å². The molecule has 0 bridgehead atoms. The number of benzene rings is 2. The highest BCUT2D eigenvalue weighted by atomic mass is 32.2. The van der Waals surface area contributed by atoms with Crippen molar-refractivity contribution in [1.82, 2.24) is 0 Å². The van der Waals surface area contributed by atoms with Gasteiger partial charge in [0.05, 0.1) is 21.7 Å². The number of hydrogen-bond acceptors (Lipinski definition) is 5. The Morgan fingerprint density at radius 3 is 2.48 bits per heavy atom. The molecule has 0 fully saturated rings. The highest BCUT2D eigenvalue weighted by molar-refractivity contribution is 7.93. The summed E-state index contributed by atoms with van der Waals surface area (Å²) in [6, 6.07) is 11.7. The Balaban J connectivity index is 2.07. The maximum Gasteiger partial charge on any atom is 0.269 e. The molecular formula is C15H12N2O5S. The van der Waals surface area contributed by atoms with E-state index in [1.165, 1.54) is 24.6 Å². The van der Waals surface area contributed by atoms with E-state index in [9.17, 15) is 18.5 Å². The number of rotatable bonds is 3. The summed E-state index contributed by atoms with van der Waals surface area (Å²) in [5.41, 5.74) is 1.04. The molecule has 1 heterocycles. The first-order valence-electron chi connectivity index (χ1n) is 6.65. The van der Waals surface area contributed by atoms with E-state index in [1.807, 2.05) is 0 Å². The molecule has 7 nitrogen and oxygen atoms in total. The Labute approximate surface area is 132 Å². The van der Waals surface area contributed by atoms with Gasteiger partial charge >= 0.3 is 0 Å². The van der Waals surface area contributed by atoms with Crippen LogP contribution in [0.5, 0.6) is 0 Å². The largest absolute Gasteiger partial charge is 0.495 e. The number of anilines is 1. The number of non-ortho nitro benzene ring substituents is 1. The molecule has 0 saturated heterocycles. The van der Waals surface area contributed by atoms with Crippen molar-refractivity contribution < 1.29 is 18.1 Å². The van der Waals surface area contributed by atoms with E-state index in [4.69, 9.17) is 4.74 Å². The summed E-state index contributed by atoms with van der Waals surface area (Å²) in [5.74, 6) is 0. The molecule has 0 aliphatic carbocycles. The predicted molar refractivity (Wildman–Crippen MR) is 83.1 cm³/mol. The molecule has 118 valence electrons. The maximum absolute atomic E-state index is 12.8. The van der Waals surface area contributed by atoms with Gasteiger partial charge in [0.2, 0.25) is 0 Å². The average Bonchev–Trinajstić information content (AvgIpc) is 2.77. The van der Waals surface area contributed by atoms with Crippen molar-refractivity contribution in [2.75, 3.05) is 4.31 Å². The topological polar surface area (TPSA) is 89.8 Å². The van der Waals surface area contributed by atoms with Gasteiger partial charge in [0.25, 0.3) is 15.7 Å². The number of nitro benzene ring substituents is 1. The Hall–Kier alpha value is -2.87. The zero-order valence-corrected chi connectivity index (χ0v) is 12.6. The van der Waals surface area contributed by atoms with Crippen LogP contribution >= 0.6 is 0 Å². The SMILES string of the molecule is O=[N+]([O-])c1ccc(S(=O)(=O)N2C=COCc3ccccc32)cc1. The minimum atomic E-state index is -3.90. The maximum atomic E-state index is 12.8. The van der Waals surface area contributed by atoms with Gasteiger partial charge in [0.1, 0.15) is 12.9 Å². The summed E-state index contributed by atoms with van der Waals surface area (Å²) in [7, 11) is -3.90. The minimum absolute atomic E-state index is 0.0375. The highest BCUT2D eigenvalue weighted by Gasteiger charge is 2.26. The Bertz CT molecular complexity index is 875. The van der Waals surface area contributed by atoms with E-state index in [0.717, 1.165) is 22.0 Å².